The Morgan fingerprint density at radius 1 is 0.958 bits per heavy atom. The van der Waals surface area contributed by atoms with Crippen molar-refractivity contribution in [2.45, 2.75) is 0 Å². The Hall–Kier alpha value is -2.35. The third-order valence-electron chi connectivity index (χ3n) is 3.16. The molecular weight excluding hydrogens is 326 g/mol. The predicted molar refractivity (Wildman–Crippen MR) is 93.6 cm³/mol. The van der Waals surface area contributed by atoms with E-state index in [1.165, 1.54) is 0 Å². The van der Waals surface area contributed by atoms with Gasteiger partial charge in [-0.1, -0.05) is 0 Å². The van der Waals surface area contributed by atoms with Crippen LogP contribution in [0.4, 0.5) is 11.4 Å². The molecule has 0 saturated heterocycles. The van der Waals surface area contributed by atoms with Crippen LogP contribution in [0.3, 0.4) is 0 Å². The summed E-state index contributed by atoms with van der Waals surface area (Å²) in [6, 6.07) is 13.2. The molecule has 0 spiro atoms. The lowest BCUT2D eigenvalue weighted by Gasteiger charge is -2.06. The lowest BCUT2D eigenvalue weighted by molar-refractivity contribution is 0.0705. The number of aliphatic hydroxyl groups is 1. The van der Waals surface area contributed by atoms with Crippen molar-refractivity contribution in [1.82, 2.24) is 4.98 Å². The van der Waals surface area contributed by atoms with E-state index in [4.69, 9.17) is 14.6 Å². The number of nitrogens with zero attached hydrogens (tertiary/aromatic N) is 3. The van der Waals surface area contributed by atoms with Crippen molar-refractivity contribution >= 4 is 32.9 Å². The van der Waals surface area contributed by atoms with Crippen molar-refractivity contribution in [2.24, 2.45) is 10.2 Å². The molecule has 24 heavy (non-hydrogen) atoms. The van der Waals surface area contributed by atoms with Crippen LogP contribution in [0.2, 0.25) is 0 Å². The average Bonchev–Trinajstić information content (AvgIpc) is 3.08. The fraction of sp³-hybridized carbons (Fsp3) is 0.235. The summed E-state index contributed by atoms with van der Waals surface area (Å²) in [5, 5.41) is 17.1. The van der Waals surface area contributed by atoms with E-state index in [1.807, 2.05) is 48.0 Å². The van der Waals surface area contributed by atoms with Gasteiger partial charge in [0.1, 0.15) is 12.4 Å². The summed E-state index contributed by atoms with van der Waals surface area (Å²) < 4.78 is 11.7. The zero-order chi connectivity index (χ0) is 16.6. The number of fused-ring (bicyclic) bond motifs is 1. The molecule has 0 saturated carbocycles. The minimum atomic E-state index is 0.0234. The molecule has 0 aliphatic heterocycles. The normalized spacial score (nSPS) is 11.4. The summed E-state index contributed by atoms with van der Waals surface area (Å²) in [4.78, 5) is 4.24. The van der Waals surface area contributed by atoms with Crippen molar-refractivity contribution in [3.8, 4) is 5.75 Å². The van der Waals surface area contributed by atoms with Crippen LogP contribution in [-0.4, -0.2) is 36.5 Å². The molecule has 3 aromatic rings. The lowest BCUT2D eigenvalue weighted by Crippen LogP contribution is -2.08. The fourth-order valence-electron chi connectivity index (χ4n) is 2.02. The Labute approximate surface area is 143 Å². The molecule has 0 unspecified atom stereocenters. The quantitative estimate of drug-likeness (QED) is 0.493. The largest absolute Gasteiger partial charge is 0.491 e. The molecular formula is C17H17N3O3S. The molecule has 1 heterocycles. The number of hydrogen-bond donors (Lipinski definition) is 1. The van der Waals surface area contributed by atoms with E-state index in [1.54, 1.807) is 11.3 Å². The minimum absolute atomic E-state index is 0.0234. The Bertz CT molecular complexity index is 802. The zero-order valence-electron chi connectivity index (χ0n) is 13.0. The standard InChI is InChI=1S/C17H17N3O3S/c21-7-8-22-9-10-23-15-4-1-13(2-5-15)19-20-14-3-6-16-17(11-14)24-12-18-16/h1-6,11-12,21H,7-10H2. The fourth-order valence-corrected chi connectivity index (χ4v) is 2.73. The van der Waals surface area contributed by atoms with Crippen LogP contribution < -0.4 is 4.74 Å². The summed E-state index contributed by atoms with van der Waals surface area (Å²) in [7, 11) is 0. The number of thiazole rings is 1. The molecule has 124 valence electrons. The first-order valence-electron chi connectivity index (χ1n) is 7.51. The second-order valence-corrected chi connectivity index (χ2v) is 5.77. The topological polar surface area (TPSA) is 76.3 Å². The summed E-state index contributed by atoms with van der Waals surface area (Å²) in [5.74, 6) is 0.743. The highest BCUT2D eigenvalue weighted by Crippen LogP contribution is 2.26. The highest BCUT2D eigenvalue weighted by molar-refractivity contribution is 7.16. The van der Waals surface area contributed by atoms with Crippen molar-refractivity contribution in [1.29, 1.82) is 0 Å². The molecule has 2 aromatic carbocycles. The van der Waals surface area contributed by atoms with E-state index in [0.717, 1.165) is 27.3 Å². The number of benzene rings is 2. The van der Waals surface area contributed by atoms with Gasteiger partial charge in [-0.3, -0.25) is 0 Å². The van der Waals surface area contributed by atoms with Crippen LogP contribution in [-0.2, 0) is 4.74 Å². The molecule has 1 aromatic heterocycles. The van der Waals surface area contributed by atoms with Gasteiger partial charge in [0, 0.05) is 0 Å². The average molecular weight is 343 g/mol. The van der Waals surface area contributed by atoms with Crippen molar-refractivity contribution < 1.29 is 14.6 Å². The third-order valence-corrected chi connectivity index (χ3v) is 3.96. The molecule has 0 fully saturated rings. The number of aliphatic hydroxyl groups excluding tert-OH is 1. The maximum absolute atomic E-state index is 8.60. The highest BCUT2D eigenvalue weighted by atomic mass is 32.1. The maximum atomic E-state index is 8.60. The predicted octanol–water partition coefficient (Wildman–Crippen LogP) is 4.10. The van der Waals surface area contributed by atoms with Gasteiger partial charge >= 0.3 is 0 Å². The molecule has 0 amide bonds. The van der Waals surface area contributed by atoms with E-state index in [0.29, 0.717) is 19.8 Å². The zero-order valence-corrected chi connectivity index (χ0v) is 13.8. The summed E-state index contributed by atoms with van der Waals surface area (Å²) >= 11 is 1.58. The van der Waals surface area contributed by atoms with Crippen molar-refractivity contribution in [3.63, 3.8) is 0 Å². The van der Waals surface area contributed by atoms with Crippen molar-refractivity contribution in [2.75, 3.05) is 26.4 Å². The molecule has 1 N–H and O–H groups in total. The minimum Gasteiger partial charge on any atom is -0.491 e. The van der Waals surface area contributed by atoms with Gasteiger partial charge in [-0.15, -0.1) is 11.3 Å². The van der Waals surface area contributed by atoms with E-state index >= 15 is 0 Å². The van der Waals surface area contributed by atoms with Crippen molar-refractivity contribution in [3.05, 3.63) is 48.0 Å². The molecule has 0 atom stereocenters. The van der Waals surface area contributed by atoms with Gasteiger partial charge in [-0.05, 0) is 42.5 Å². The Morgan fingerprint density at radius 3 is 2.58 bits per heavy atom. The van der Waals surface area contributed by atoms with E-state index in [9.17, 15) is 0 Å². The van der Waals surface area contributed by atoms with Gasteiger partial charge in [0.25, 0.3) is 0 Å². The molecule has 6 nitrogen and oxygen atoms in total. The first kappa shape index (κ1) is 16.5. The molecule has 3 rings (SSSR count). The van der Waals surface area contributed by atoms with Gasteiger partial charge in [-0.2, -0.15) is 10.2 Å². The summed E-state index contributed by atoms with van der Waals surface area (Å²) in [6.45, 7) is 1.24. The molecule has 0 aliphatic rings. The number of aromatic nitrogens is 1. The maximum Gasteiger partial charge on any atom is 0.119 e. The van der Waals surface area contributed by atoms with Gasteiger partial charge < -0.3 is 14.6 Å². The van der Waals surface area contributed by atoms with Gasteiger partial charge in [0.15, 0.2) is 0 Å². The van der Waals surface area contributed by atoms with Crippen LogP contribution in [0.25, 0.3) is 10.2 Å². The van der Waals surface area contributed by atoms with Crippen LogP contribution in [0.15, 0.2) is 58.2 Å². The smallest absolute Gasteiger partial charge is 0.119 e. The Balaban J connectivity index is 1.55. The van der Waals surface area contributed by atoms with Crippen LogP contribution >= 0.6 is 11.3 Å². The Kier molecular flexibility index (Phi) is 5.84. The van der Waals surface area contributed by atoms with Crippen LogP contribution in [0.5, 0.6) is 5.75 Å². The number of azo groups is 1. The molecule has 0 bridgehead atoms. The SMILES string of the molecule is OCCOCCOc1ccc(N=Nc2ccc3ncsc3c2)cc1. The summed E-state index contributed by atoms with van der Waals surface area (Å²) in [5.41, 5.74) is 4.35. The Morgan fingerprint density at radius 2 is 1.75 bits per heavy atom. The van der Waals surface area contributed by atoms with E-state index in [2.05, 4.69) is 15.2 Å². The van der Waals surface area contributed by atoms with E-state index < -0.39 is 0 Å². The first-order chi connectivity index (χ1) is 11.8. The summed E-state index contributed by atoms with van der Waals surface area (Å²) in [6.07, 6.45) is 0. The molecule has 7 heteroatoms. The highest BCUT2D eigenvalue weighted by Gasteiger charge is 1.99. The number of rotatable bonds is 8. The van der Waals surface area contributed by atoms with Gasteiger partial charge in [-0.25, -0.2) is 4.98 Å². The van der Waals surface area contributed by atoms with E-state index in [-0.39, 0.29) is 6.61 Å². The van der Waals surface area contributed by atoms with Gasteiger partial charge in [0.2, 0.25) is 0 Å². The molecule has 0 radical (unpaired) electrons. The third kappa shape index (κ3) is 4.58. The second kappa shape index (κ2) is 8.49. The molecule has 0 aliphatic carbocycles. The number of hydrogen-bond acceptors (Lipinski definition) is 7. The van der Waals surface area contributed by atoms with Crippen LogP contribution in [0.1, 0.15) is 0 Å². The second-order valence-electron chi connectivity index (χ2n) is 4.88. The van der Waals surface area contributed by atoms with Gasteiger partial charge in [0.05, 0.1) is 46.9 Å². The monoisotopic (exact) mass is 343 g/mol. The number of ether oxygens (including phenoxy) is 2. The lowest BCUT2D eigenvalue weighted by atomic mass is 10.3. The van der Waals surface area contributed by atoms with Crippen LogP contribution in [0, 0.1) is 0 Å². The first-order valence-corrected chi connectivity index (χ1v) is 8.39.